The van der Waals surface area contributed by atoms with Crippen LogP contribution >= 0.6 is 15.9 Å². The van der Waals surface area contributed by atoms with Crippen molar-refractivity contribution >= 4 is 27.8 Å². The van der Waals surface area contributed by atoms with E-state index in [2.05, 4.69) is 21.2 Å². The fourth-order valence-electron chi connectivity index (χ4n) is 2.17. The molecule has 1 fully saturated rings. The van der Waals surface area contributed by atoms with Crippen LogP contribution in [0.15, 0.2) is 11.8 Å². The van der Waals surface area contributed by atoms with Gasteiger partial charge in [-0.3, -0.25) is 4.79 Å². The molecule has 114 valence electrons. The maximum atomic E-state index is 11.9. The SMILES string of the molecule is CC1(C)CC1C(=O)NC(=CCCCCCCBr)C(=O)O. The molecule has 0 spiro atoms. The number of allylic oxidation sites excluding steroid dienone is 1. The lowest BCUT2D eigenvalue weighted by atomic mass is 10.1. The summed E-state index contributed by atoms with van der Waals surface area (Å²) in [6.45, 7) is 4.04. The molecule has 1 saturated carbocycles. The van der Waals surface area contributed by atoms with Gasteiger partial charge in [0.05, 0.1) is 0 Å². The lowest BCUT2D eigenvalue weighted by Gasteiger charge is -2.07. The summed E-state index contributed by atoms with van der Waals surface area (Å²) >= 11 is 3.38. The number of unbranched alkanes of at least 4 members (excludes halogenated alkanes) is 4. The first kappa shape index (κ1) is 17.2. The Labute approximate surface area is 129 Å². The van der Waals surface area contributed by atoms with Crippen LogP contribution in [0.4, 0.5) is 0 Å². The largest absolute Gasteiger partial charge is 0.477 e. The Hall–Kier alpha value is -0.840. The number of rotatable bonds is 9. The van der Waals surface area contributed by atoms with E-state index < -0.39 is 5.97 Å². The summed E-state index contributed by atoms with van der Waals surface area (Å²) in [4.78, 5) is 23.0. The number of carbonyl (C=O) groups is 2. The van der Waals surface area contributed by atoms with Crippen LogP contribution in [0, 0.1) is 11.3 Å². The maximum Gasteiger partial charge on any atom is 0.352 e. The van der Waals surface area contributed by atoms with Crippen molar-refractivity contribution in [2.45, 2.75) is 52.4 Å². The molecule has 1 rings (SSSR count). The lowest BCUT2D eigenvalue weighted by Crippen LogP contribution is -2.29. The van der Waals surface area contributed by atoms with Gasteiger partial charge in [0.1, 0.15) is 5.70 Å². The summed E-state index contributed by atoms with van der Waals surface area (Å²) < 4.78 is 0. The minimum atomic E-state index is -1.06. The molecule has 0 aromatic rings. The maximum absolute atomic E-state index is 11.9. The van der Waals surface area contributed by atoms with Crippen molar-refractivity contribution in [3.63, 3.8) is 0 Å². The highest BCUT2D eigenvalue weighted by molar-refractivity contribution is 9.09. The van der Waals surface area contributed by atoms with E-state index in [1.807, 2.05) is 13.8 Å². The Balaban J connectivity index is 2.36. The van der Waals surface area contributed by atoms with Gasteiger partial charge in [0.2, 0.25) is 5.91 Å². The van der Waals surface area contributed by atoms with Crippen LogP contribution in [-0.4, -0.2) is 22.3 Å². The molecule has 20 heavy (non-hydrogen) atoms. The Morgan fingerprint density at radius 1 is 1.30 bits per heavy atom. The number of carboxylic acids is 1. The summed E-state index contributed by atoms with van der Waals surface area (Å²) in [5.41, 5.74) is 0.0433. The van der Waals surface area contributed by atoms with E-state index >= 15 is 0 Å². The monoisotopic (exact) mass is 345 g/mol. The number of carboxylic acid groups (broad SMARTS) is 1. The number of carbonyl (C=O) groups excluding carboxylic acids is 1. The molecule has 4 nitrogen and oxygen atoms in total. The van der Waals surface area contributed by atoms with Gasteiger partial charge in [-0.15, -0.1) is 0 Å². The summed E-state index contributed by atoms with van der Waals surface area (Å²) in [5, 5.41) is 12.7. The fraction of sp³-hybridized carbons (Fsp3) is 0.733. The average molecular weight is 346 g/mol. The molecule has 0 saturated heterocycles. The van der Waals surface area contributed by atoms with Crippen LogP contribution in [0.1, 0.15) is 52.4 Å². The molecule has 1 unspecified atom stereocenters. The summed E-state index contributed by atoms with van der Waals surface area (Å²) in [6.07, 6.45) is 7.47. The number of halogens is 1. The molecular weight excluding hydrogens is 322 g/mol. The average Bonchev–Trinajstić information content (AvgIpc) is 3.01. The zero-order chi connectivity index (χ0) is 15.2. The third-order valence-electron chi connectivity index (χ3n) is 3.75. The molecule has 0 aromatic carbocycles. The van der Waals surface area contributed by atoms with Gasteiger partial charge < -0.3 is 10.4 Å². The van der Waals surface area contributed by atoms with E-state index in [0.717, 1.165) is 37.4 Å². The van der Waals surface area contributed by atoms with E-state index in [0.29, 0.717) is 6.42 Å². The smallest absolute Gasteiger partial charge is 0.352 e. The molecule has 0 bridgehead atoms. The van der Waals surface area contributed by atoms with Crippen molar-refractivity contribution in [1.29, 1.82) is 0 Å². The highest BCUT2D eigenvalue weighted by Crippen LogP contribution is 2.51. The Morgan fingerprint density at radius 2 is 1.90 bits per heavy atom. The van der Waals surface area contributed by atoms with Crippen LogP contribution in [-0.2, 0) is 9.59 Å². The molecule has 5 heteroatoms. The van der Waals surface area contributed by atoms with Gasteiger partial charge in [-0.2, -0.15) is 0 Å². The van der Waals surface area contributed by atoms with Crippen molar-refractivity contribution in [1.82, 2.24) is 5.32 Å². The highest BCUT2D eigenvalue weighted by Gasteiger charge is 2.50. The van der Waals surface area contributed by atoms with Gasteiger partial charge in [0.15, 0.2) is 0 Å². The second-order valence-corrected chi connectivity index (χ2v) is 6.84. The van der Waals surface area contributed by atoms with Crippen LogP contribution in [0.3, 0.4) is 0 Å². The van der Waals surface area contributed by atoms with Crippen molar-refractivity contribution < 1.29 is 14.7 Å². The van der Waals surface area contributed by atoms with Gasteiger partial charge in [-0.1, -0.05) is 48.7 Å². The van der Waals surface area contributed by atoms with E-state index in [4.69, 9.17) is 5.11 Å². The molecule has 1 aliphatic carbocycles. The van der Waals surface area contributed by atoms with E-state index in [1.54, 1.807) is 6.08 Å². The van der Waals surface area contributed by atoms with E-state index in [9.17, 15) is 9.59 Å². The van der Waals surface area contributed by atoms with Crippen molar-refractivity contribution in [2.24, 2.45) is 11.3 Å². The predicted octanol–water partition coefficient (Wildman–Crippen LogP) is 3.46. The first-order chi connectivity index (χ1) is 9.38. The molecule has 0 radical (unpaired) electrons. The lowest BCUT2D eigenvalue weighted by molar-refractivity contribution is -0.135. The highest BCUT2D eigenvalue weighted by atomic mass is 79.9. The predicted molar refractivity (Wildman–Crippen MR) is 82.6 cm³/mol. The first-order valence-electron chi connectivity index (χ1n) is 7.19. The first-order valence-corrected chi connectivity index (χ1v) is 8.31. The normalized spacial score (nSPS) is 20.6. The number of hydrogen-bond acceptors (Lipinski definition) is 2. The van der Waals surface area contributed by atoms with Crippen molar-refractivity contribution in [2.75, 3.05) is 5.33 Å². The fourth-order valence-corrected chi connectivity index (χ4v) is 2.56. The van der Waals surface area contributed by atoms with Gasteiger partial charge in [-0.25, -0.2) is 4.79 Å². The number of hydrogen-bond donors (Lipinski definition) is 2. The van der Waals surface area contributed by atoms with Crippen LogP contribution in [0.2, 0.25) is 0 Å². The molecule has 1 aliphatic rings. The minimum Gasteiger partial charge on any atom is -0.477 e. The van der Waals surface area contributed by atoms with Gasteiger partial charge in [0, 0.05) is 11.2 Å². The van der Waals surface area contributed by atoms with Crippen LogP contribution in [0.25, 0.3) is 0 Å². The molecule has 2 N–H and O–H groups in total. The van der Waals surface area contributed by atoms with Gasteiger partial charge >= 0.3 is 5.97 Å². The molecule has 0 aliphatic heterocycles. The molecule has 0 aromatic heterocycles. The quantitative estimate of drug-likeness (QED) is 0.382. The molecule has 0 heterocycles. The Bertz CT molecular complexity index is 391. The van der Waals surface area contributed by atoms with E-state index in [1.165, 1.54) is 0 Å². The van der Waals surface area contributed by atoms with Crippen molar-refractivity contribution in [3.05, 3.63) is 11.8 Å². The number of aliphatic carboxylic acids is 1. The Morgan fingerprint density at radius 3 is 2.40 bits per heavy atom. The molecular formula is C15H24BrNO3. The zero-order valence-corrected chi connectivity index (χ0v) is 13.8. The molecule has 1 amide bonds. The zero-order valence-electron chi connectivity index (χ0n) is 12.2. The van der Waals surface area contributed by atoms with Gasteiger partial charge in [-0.05, 0) is 31.1 Å². The summed E-state index contributed by atoms with van der Waals surface area (Å²) in [7, 11) is 0. The van der Waals surface area contributed by atoms with E-state index in [-0.39, 0.29) is 22.9 Å². The standard InChI is InChI=1S/C15H24BrNO3/c1-15(2)10-11(15)13(18)17-12(14(19)20)8-6-4-3-5-7-9-16/h8,11H,3-7,9-10H2,1-2H3,(H,17,18)(H,19,20). The second-order valence-electron chi connectivity index (χ2n) is 6.05. The number of alkyl halides is 1. The summed E-state index contributed by atoms with van der Waals surface area (Å²) in [5.74, 6) is -1.27. The number of amides is 1. The second kappa shape index (κ2) is 7.81. The van der Waals surface area contributed by atoms with Crippen LogP contribution in [0.5, 0.6) is 0 Å². The van der Waals surface area contributed by atoms with Crippen molar-refractivity contribution in [3.8, 4) is 0 Å². The minimum absolute atomic E-state index is 0.0172. The third-order valence-corrected chi connectivity index (χ3v) is 4.32. The topological polar surface area (TPSA) is 66.4 Å². The third kappa shape index (κ3) is 5.65. The summed E-state index contributed by atoms with van der Waals surface area (Å²) in [6, 6.07) is 0. The van der Waals surface area contributed by atoms with Gasteiger partial charge in [0.25, 0.3) is 0 Å². The Kier molecular flexibility index (Phi) is 6.72. The van der Waals surface area contributed by atoms with Crippen LogP contribution < -0.4 is 5.32 Å². The molecule has 1 atom stereocenters. The number of nitrogens with one attached hydrogen (secondary N) is 1.